The summed E-state index contributed by atoms with van der Waals surface area (Å²) in [4.78, 5) is 10.5. The van der Waals surface area contributed by atoms with Crippen molar-refractivity contribution < 1.29 is 102 Å². The lowest BCUT2D eigenvalue weighted by Gasteiger charge is -2.40. The molecule has 0 saturated heterocycles. The molecule has 0 fully saturated rings. The summed E-state index contributed by atoms with van der Waals surface area (Å²) in [6, 6.07) is 0. The Balaban J connectivity index is 6.56. The van der Waals surface area contributed by atoms with Crippen LogP contribution < -0.4 is 0 Å². The molecule has 0 aromatic rings. The Labute approximate surface area is 183 Å². The smallest absolute Gasteiger partial charge is 0.456 e. The lowest BCUT2D eigenvalue weighted by atomic mass is 10.1. The first-order valence-corrected chi connectivity index (χ1v) is 7.65. The summed E-state index contributed by atoms with van der Waals surface area (Å²) < 4.78 is 252. The average Bonchev–Trinajstić information content (AvgIpc) is 2.62. The molecule has 23 heteroatoms. The Bertz CT molecular complexity index is 813. The average molecular weight is 586 g/mol. The van der Waals surface area contributed by atoms with Gasteiger partial charge in [-0.2, -0.15) is 83.4 Å². The van der Waals surface area contributed by atoms with Gasteiger partial charge in [-0.05, 0) is 0 Å². The second-order valence-corrected chi connectivity index (χ2v) is 6.01. The minimum atomic E-state index is -8.37. The number of carbonyl (C=O) groups is 1. The van der Waals surface area contributed by atoms with Crippen LogP contribution in [0.4, 0.5) is 83.4 Å². The third-order valence-electron chi connectivity index (χ3n) is 3.37. The molecule has 4 nitrogen and oxygen atoms in total. The summed E-state index contributed by atoms with van der Waals surface area (Å²) in [5.41, 5.74) is 0. The highest BCUT2D eigenvalue weighted by Gasteiger charge is 2.88. The standard InChI is InChI=1S/C13H5F19O4/c1-2-4(33)34-3-5(14,15)11(27,28)36-13(31,32)8(20,10(24,25)26)35-12(29,30)7(18,19)6(16,17)9(21,22)23/h2H,1,3H2. The van der Waals surface area contributed by atoms with Gasteiger partial charge in [-0.15, -0.1) is 0 Å². The van der Waals surface area contributed by atoms with Crippen LogP contribution in [0.15, 0.2) is 12.7 Å². The zero-order valence-corrected chi connectivity index (χ0v) is 15.8. The minimum Gasteiger partial charge on any atom is -0.456 e. The van der Waals surface area contributed by atoms with E-state index in [2.05, 4.69) is 11.3 Å². The summed E-state index contributed by atoms with van der Waals surface area (Å²) in [5.74, 6) is -33.2. The fourth-order valence-electron chi connectivity index (χ4n) is 1.49. The maximum Gasteiger partial charge on any atom is 0.460 e. The highest BCUT2D eigenvalue weighted by atomic mass is 19.4. The van der Waals surface area contributed by atoms with Crippen molar-refractivity contribution in [1.29, 1.82) is 0 Å². The zero-order chi connectivity index (χ0) is 29.6. The van der Waals surface area contributed by atoms with Gasteiger partial charge in [-0.25, -0.2) is 9.53 Å². The molecule has 0 rings (SSSR count). The quantitative estimate of drug-likeness (QED) is 0.164. The summed E-state index contributed by atoms with van der Waals surface area (Å²) in [7, 11) is 0. The first-order chi connectivity index (χ1) is 15.4. The second kappa shape index (κ2) is 9.28. The molecule has 0 radical (unpaired) electrons. The Morgan fingerprint density at radius 1 is 0.583 bits per heavy atom. The molecule has 214 valence electrons. The number of esters is 1. The van der Waals surface area contributed by atoms with Crippen LogP contribution in [0, 0.1) is 0 Å². The maximum absolute atomic E-state index is 13.8. The predicted octanol–water partition coefficient (Wildman–Crippen LogP) is 6.22. The van der Waals surface area contributed by atoms with E-state index in [1.165, 1.54) is 9.47 Å². The van der Waals surface area contributed by atoms with Gasteiger partial charge >= 0.3 is 60.3 Å². The van der Waals surface area contributed by atoms with Crippen LogP contribution in [0.5, 0.6) is 0 Å². The molecule has 0 aliphatic rings. The van der Waals surface area contributed by atoms with Crippen molar-refractivity contribution >= 4 is 5.97 Å². The number of rotatable bonds is 11. The molecule has 0 aromatic carbocycles. The van der Waals surface area contributed by atoms with Crippen LogP contribution in [0.1, 0.15) is 0 Å². The number of ether oxygens (including phenoxy) is 3. The second-order valence-electron chi connectivity index (χ2n) is 6.01. The van der Waals surface area contributed by atoms with Crippen LogP contribution in [0.3, 0.4) is 0 Å². The summed E-state index contributed by atoms with van der Waals surface area (Å²) in [5, 5.41) is 0. The van der Waals surface area contributed by atoms with E-state index in [0.29, 0.717) is 0 Å². The van der Waals surface area contributed by atoms with Gasteiger partial charge in [0.15, 0.2) is 6.61 Å². The molecule has 0 bridgehead atoms. The normalized spacial score (nSPS) is 17.0. The molecule has 0 aromatic heterocycles. The zero-order valence-electron chi connectivity index (χ0n) is 15.8. The molecule has 0 N–H and O–H groups in total. The van der Waals surface area contributed by atoms with E-state index >= 15 is 0 Å². The number of alkyl halides is 19. The molecule has 0 heterocycles. The van der Waals surface area contributed by atoms with Crippen LogP contribution in [-0.2, 0) is 19.0 Å². The Kier molecular flexibility index (Phi) is 8.71. The van der Waals surface area contributed by atoms with Gasteiger partial charge in [0.25, 0.3) is 0 Å². The van der Waals surface area contributed by atoms with Gasteiger partial charge in [0.05, 0.1) is 0 Å². The summed E-state index contributed by atoms with van der Waals surface area (Å²) >= 11 is 0. The Morgan fingerprint density at radius 2 is 1.00 bits per heavy atom. The SMILES string of the molecule is C=CC(=O)OCC(F)(F)C(F)(F)OC(F)(F)C(F)(OC(F)(F)C(F)(F)C(F)(F)C(F)(F)F)C(F)(F)F. The lowest BCUT2D eigenvalue weighted by molar-refractivity contribution is -0.559. The lowest BCUT2D eigenvalue weighted by Crippen LogP contribution is -2.69. The van der Waals surface area contributed by atoms with Crippen molar-refractivity contribution in [3.05, 3.63) is 12.7 Å². The summed E-state index contributed by atoms with van der Waals surface area (Å²) in [6.07, 6.45) is -39.5. The van der Waals surface area contributed by atoms with Gasteiger partial charge in [-0.1, -0.05) is 6.58 Å². The minimum absolute atomic E-state index is 0.0350. The largest absolute Gasteiger partial charge is 0.460 e. The van der Waals surface area contributed by atoms with Crippen LogP contribution in [0.2, 0.25) is 0 Å². The highest BCUT2D eigenvalue weighted by Crippen LogP contribution is 2.58. The van der Waals surface area contributed by atoms with Gasteiger partial charge in [0, 0.05) is 6.08 Å². The van der Waals surface area contributed by atoms with Crippen molar-refractivity contribution in [3.63, 3.8) is 0 Å². The Hall–Kier alpha value is -2.20. The van der Waals surface area contributed by atoms with Crippen LogP contribution >= 0.6 is 0 Å². The van der Waals surface area contributed by atoms with Gasteiger partial charge in [0.2, 0.25) is 0 Å². The molecule has 36 heavy (non-hydrogen) atoms. The number of carbonyl (C=O) groups excluding carboxylic acids is 1. The fourth-order valence-corrected chi connectivity index (χ4v) is 1.49. The summed E-state index contributed by atoms with van der Waals surface area (Å²) in [6.45, 7) is -0.561. The molecule has 1 unspecified atom stereocenters. The highest BCUT2D eigenvalue weighted by molar-refractivity contribution is 5.81. The number of hydrogen-bond acceptors (Lipinski definition) is 4. The van der Waals surface area contributed by atoms with E-state index < -0.39 is 66.9 Å². The van der Waals surface area contributed by atoms with Crippen molar-refractivity contribution in [2.75, 3.05) is 6.61 Å². The van der Waals surface area contributed by atoms with Crippen LogP contribution in [-0.4, -0.2) is 66.9 Å². The third-order valence-corrected chi connectivity index (χ3v) is 3.37. The fraction of sp³-hybridized carbons (Fsp3) is 0.769. The molecular weight excluding hydrogens is 581 g/mol. The van der Waals surface area contributed by atoms with Crippen molar-refractivity contribution in [2.45, 2.75) is 54.3 Å². The van der Waals surface area contributed by atoms with Crippen LogP contribution in [0.25, 0.3) is 0 Å². The first-order valence-electron chi connectivity index (χ1n) is 7.65. The van der Waals surface area contributed by atoms with Crippen molar-refractivity contribution in [1.82, 2.24) is 0 Å². The van der Waals surface area contributed by atoms with Crippen molar-refractivity contribution in [2.24, 2.45) is 0 Å². The molecule has 0 aliphatic heterocycles. The van der Waals surface area contributed by atoms with Gasteiger partial charge in [-0.3, -0.25) is 4.74 Å². The monoisotopic (exact) mass is 586 g/mol. The van der Waals surface area contributed by atoms with E-state index in [1.807, 2.05) is 0 Å². The van der Waals surface area contributed by atoms with E-state index in [4.69, 9.17) is 0 Å². The molecule has 1 atom stereocenters. The van der Waals surface area contributed by atoms with Gasteiger partial charge < -0.3 is 4.74 Å². The van der Waals surface area contributed by atoms with Crippen molar-refractivity contribution in [3.8, 4) is 0 Å². The first kappa shape index (κ1) is 33.8. The molecular formula is C13H5F19O4. The molecule has 0 aliphatic carbocycles. The third kappa shape index (κ3) is 5.85. The van der Waals surface area contributed by atoms with E-state index in [-0.39, 0.29) is 6.08 Å². The van der Waals surface area contributed by atoms with Gasteiger partial charge in [0.1, 0.15) is 0 Å². The predicted molar refractivity (Wildman–Crippen MR) is 69.0 cm³/mol. The Morgan fingerprint density at radius 3 is 1.33 bits per heavy atom. The van der Waals surface area contributed by atoms with E-state index in [9.17, 15) is 88.2 Å². The maximum atomic E-state index is 13.8. The topological polar surface area (TPSA) is 44.8 Å². The molecule has 0 amide bonds. The molecule has 0 saturated carbocycles. The molecule has 0 spiro atoms. The number of hydrogen-bond donors (Lipinski definition) is 0. The van der Waals surface area contributed by atoms with E-state index in [1.54, 1.807) is 0 Å². The van der Waals surface area contributed by atoms with E-state index in [0.717, 1.165) is 0 Å². The number of halogens is 19.